The van der Waals surface area contributed by atoms with E-state index in [9.17, 15) is 9.90 Å². The molecule has 1 fully saturated rings. The molecule has 3 rings (SSSR count). The average molecular weight is 302 g/mol. The van der Waals surface area contributed by atoms with Crippen molar-refractivity contribution < 1.29 is 14.7 Å². The largest absolute Gasteiger partial charge is 0.481 e. The Morgan fingerprint density at radius 2 is 2.23 bits per heavy atom. The molecule has 2 aliphatic rings. The van der Waals surface area contributed by atoms with E-state index in [0.29, 0.717) is 25.8 Å². The van der Waals surface area contributed by atoms with E-state index in [0.717, 1.165) is 24.2 Å². The lowest BCUT2D eigenvalue weighted by Crippen LogP contribution is -2.47. The highest BCUT2D eigenvalue weighted by molar-refractivity contribution is 6.01. The number of rotatable bonds is 4. The van der Waals surface area contributed by atoms with E-state index in [1.165, 1.54) is 5.56 Å². The van der Waals surface area contributed by atoms with E-state index in [4.69, 9.17) is 4.84 Å². The van der Waals surface area contributed by atoms with E-state index in [-0.39, 0.29) is 6.10 Å². The van der Waals surface area contributed by atoms with Crippen LogP contribution in [0.25, 0.3) is 0 Å². The van der Waals surface area contributed by atoms with Gasteiger partial charge in [0, 0.05) is 19.4 Å². The van der Waals surface area contributed by atoms with Crippen LogP contribution in [0.3, 0.4) is 0 Å². The van der Waals surface area contributed by atoms with Crippen molar-refractivity contribution in [1.29, 1.82) is 0 Å². The van der Waals surface area contributed by atoms with Crippen LogP contribution in [0.2, 0.25) is 0 Å². The van der Waals surface area contributed by atoms with Crippen molar-refractivity contribution in [2.24, 2.45) is 10.6 Å². The van der Waals surface area contributed by atoms with Crippen molar-refractivity contribution in [2.75, 3.05) is 13.1 Å². The van der Waals surface area contributed by atoms with Crippen LogP contribution in [0.1, 0.15) is 36.8 Å². The summed E-state index contributed by atoms with van der Waals surface area (Å²) >= 11 is 0. The third-order valence-corrected chi connectivity index (χ3v) is 4.66. The summed E-state index contributed by atoms with van der Waals surface area (Å²) in [5.74, 6) is -0.730. The van der Waals surface area contributed by atoms with Crippen molar-refractivity contribution in [1.82, 2.24) is 5.32 Å². The summed E-state index contributed by atoms with van der Waals surface area (Å²) in [6, 6.07) is 8.17. The molecule has 1 aromatic rings. The predicted octanol–water partition coefficient (Wildman–Crippen LogP) is 2.33. The van der Waals surface area contributed by atoms with Crippen LogP contribution < -0.4 is 5.32 Å². The van der Waals surface area contributed by atoms with Gasteiger partial charge in [-0.25, -0.2) is 0 Å². The molecule has 1 saturated heterocycles. The Balaban J connectivity index is 1.66. The fourth-order valence-corrected chi connectivity index (χ4v) is 3.30. The Hall–Kier alpha value is -1.88. The molecule has 5 nitrogen and oxygen atoms in total. The van der Waals surface area contributed by atoms with Crippen LogP contribution in [0, 0.1) is 12.3 Å². The van der Waals surface area contributed by atoms with Crippen molar-refractivity contribution in [3.8, 4) is 0 Å². The van der Waals surface area contributed by atoms with Gasteiger partial charge in [-0.05, 0) is 31.9 Å². The molecule has 5 heteroatoms. The van der Waals surface area contributed by atoms with Crippen molar-refractivity contribution in [3.05, 3.63) is 35.4 Å². The fraction of sp³-hybridized carbons (Fsp3) is 0.529. The van der Waals surface area contributed by atoms with Crippen LogP contribution >= 0.6 is 0 Å². The zero-order valence-electron chi connectivity index (χ0n) is 12.8. The van der Waals surface area contributed by atoms with Gasteiger partial charge in [0.05, 0.1) is 11.1 Å². The monoisotopic (exact) mass is 302 g/mol. The van der Waals surface area contributed by atoms with Crippen molar-refractivity contribution in [2.45, 2.75) is 38.7 Å². The quantitative estimate of drug-likeness (QED) is 0.895. The Kier molecular flexibility index (Phi) is 4.16. The Morgan fingerprint density at radius 3 is 2.86 bits per heavy atom. The number of oxime groups is 1. The fourth-order valence-electron chi connectivity index (χ4n) is 3.30. The van der Waals surface area contributed by atoms with Gasteiger partial charge in [0.2, 0.25) is 0 Å². The second kappa shape index (κ2) is 6.08. The molecule has 0 radical (unpaired) electrons. The minimum absolute atomic E-state index is 0.146. The summed E-state index contributed by atoms with van der Waals surface area (Å²) < 4.78 is 0. The number of hydrogen-bond donors (Lipinski definition) is 2. The number of aryl methyl sites for hydroxylation is 1. The number of hydrogen-bond acceptors (Lipinski definition) is 4. The molecule has 0 amide bonds. The van der Waals surface area contributed by atoms with Crippen LogP contribution in [-0.4, -0.2) is 36.0 Å². The van der Waals surface area contributed by atoms with Gasteiger partial charge in [-0.3, -0.25) is 4.79 Å². The molecule has 1 aromatic carbocycles. The summed E-state index contributed by atoms with van der Waals surface area (Å²) in [7, 11) is 0. The lowest BCUT2D eigenvalue weighted by Gasteiger charge is -2.34. The van der Waals surface area contributed by atoms with Gasteiger partial charge < -0.3 is 15.3 Å². The number of carboxylic acids is 1. The minimum atomic E-state index is -0.730. The van der Waals surface area contributed by atoms with E-state index < -0.39 is 11.4 Å². The molecule has 0 spiro atoms. The third kappa shape index (κ3) is 2.99. The van der Waals surface area contributed by atoms with E-state index in [2.05, 4.69) is 22.6 Å². The number of aliphatic carboxylic acids is 1. The van der Waals surface area contributed by atoms with Crippen LogP contribution in [0.5, 0.6) is 0 Å². The maximum Gasteiger partial charge on any atom is 0.311 e. The number of nitrogens with one attached hydrogen (secondary N) is 1. The zero-order valence-corrected chi connectivity index (χ0v) is 12.8. The van der Waals surface area contributed by atoms with Gasteiger partial charge in [-0.1, -0.05) is 35.0 Å². The summed E-state index contributed by atoms with van der Waals surface area (Å²) in [6.07, 6.45) is 2.64. The van der Waals surface area contributed by atoms with Gasteiger partial charge in [-0.15, -0.1) is 0 Å². The zero-order chi connectivity index (χ0) is 15.6. The summed E-state index contributed by atoms with van der Waals surface area (Å²) in [5, 5.41) is 17.0. The Bertz CT molecular complexity index is 574. The predicted molar refractivity (Wildman–Crippen MR) is 84.0 cm³/mol. The number of carbonyl (C=O) groups is 1. The average Bonchev–Trinajstić information content (AvgIpc) is 2.97. The highest BCUT2D eigenvalue weighted by Crippen LogP contribution is 2.35. The lowest BCUT2D eigenvalue weighted by molar-refractivity contribution is -0.152. The molecule has 118 valence electrons. The Labute approximate surface area is 130 Å². The van der Waals surface area contributed by atoms with Crippen molar-refractivity contribution >= 4 is 11.7 Å². The second-order valence-electron chi connectivity index (χ2n) is 6.41. The number of carboxylic acid groups (broad SMARTS) is 1. The smallest absolute Gasteiger partial charge is 0.311 e. The first-order chi connectivity index (χ1) is 10.6. The molecule has 22 heavy (non-hydrogen) atoms. The molecule has 0 aliphatic carbocycles. The molecule has 2 aliphatic heterocycles. The summed E-state index contributed by atoms with van der Waals surface area (Å²) in [6.45, 7) is 3.46. The lowest BCUT2D eigenvalue weighted by atomic mass is 9.75. The first-order valence-corrected chi connectivity index (χ1v) is 7.83. The first-order valence-electron chi connectivity index (χ1n) is 7.83. The first kappa shape index (κ1) is 15.0. The second-order valence-corrected chi connectivity index (χ2v) is 6.41. The Morgan fingerprint density at radius 1 is 1.45 bits per heavy atom. The molecule has 2 N–H and O–H groups in total. The molecule has 0 saturated carbocycles. The summed E-state index contributed by atoms with van der Waals surface area (Å²) in [4.78, 5) is 17.2. The molecule has 0 bridgehead atoms. The van der Waals surface area contributed by atoms with E-state index in [1.54, 1.807) is 0 Å². The van der Waals surface area contributed by atoms with Gasteiger partial charge in [-0.2, -0.15) is 0 Å². The molecule has 0 unspecified atom stereocenters. The molecule has 0 aromatic heterocycles. The maximum absolute atomic E-state index is 11.7. The normalized spacial score (nSPS) is 28.0. The molecule has 2 heterocycles. The molecular weight excluding hydrogens is 280 g/mol. The molecule has 2 atom stereocenters. The standard InChI is InChI=1S/C17H22N2O3/c1-12-3-5-13(6-4-12)15-9-14(22-19-15)10-17(16(20)21)7-2-8-18-11-17/h3-6,14,18H,2,7-11H2,1H3,(H,20,21)/t14-,17-/m1/s1. The van der Waals surface area contributed by atoms with Crippen LogP contribution in [-0.2, 0) is 9.63 Å². The third-order valence-electron chi connectivity index (χ3n) is 4.66. The highest BCUT2D eigenvalue weighted by atomic mass is 16.6. The summed E-state index contributed by atoms with van der Waals surface area (Å²) in [5.41, 5.74) is 2.45. The van der Waals surface area contributed by atoms with E-state index >= 15 is 0 Å². The number of benzene rings is 1. The van der Waals surface area contributed by atoms with Crippen LogP contribution in [0.15, 0.2) is 29.4 Å². The number of piperidine rings is 1. The number of nitrogens with zero attached hydrogens (tertiary/aromatic N) is 1. The minimum Gasteiger partial charge on any atom is -0.481 e. The van der Waals surface area contributed by atoms with Crippen LogP contribution in [0.4, 0.5) is 0 Å². The van der Waals surface area contributed by atoms with Gasteiger partial charge in [0.1, 0.15) is 6.10 Å². The SMILES string of the molecule is Cc1ccc(C2=NO[C@@H](C[C@]3(C(=O)O)CCCNC3)C2)cc1. The highest BCUT2D eigenvalue weighted by Gasteiger charge is 2.43. The molecular formula is C17H22N2O3. The van der Waals surface area contributed by atoms with Gasteiger partial charge >= 0.3 is 5.97 Å². The van der Waals surface area contributed by atoms with Gasteiger partial charge in [0.15, 0.2) is 0 Å². The van der Waals surface area contributed by atoms with Gasteiger partial charge in [0.25, 0.3) is 0 Å². The topological polar surface area (TPSA) is 70.9 Å². The van der Waals surface area contributed by atoms with E-state index in [1.807, 2.05) is 19.1 Å². The maximum atomic E-state index is 11.7. The van der Waals surface area contributed by atoms with Crippen molar-refractivity contribution in [3.63, 3.8) is 0 Å².